The van der Waals surface area contributed by atoms with Crippen LogP contribution >= 0.6 is 0 Å². The van der Waals surface area contributed by atoms with Gasteiger partial charge >= 0.3 is 0 Å². The van der Waals surface area contributed by atoms with Crippen molar-refractivity contribution in [2.75, 3.05) is 26.7 Å². The van der Waals surface area contributed by atoms with Gasteiger partial charge < -0.3 is 14.7 Å². The molecule has 3 fully saturated rings. The lowest BCUT2D eigenvalue weighted by Gasteiger charge is -2.50. The van der Waals surface area contributed by atoms with Crippen LogP contribution in [-0.2, 0) is 5.60 Å². The van der Waals surface area contributed by atoms with Gasteiger partial charge in [-0.3, -0.25) is 0 Å². The molecule has 92 valence electrons. The Morgan fingerprint density at radius 1 is 1.41 bits per heavy atom. The highest BCUT2D eigenvalue weighted by Gasteiger charge is 2.46. The second-order valence-electron chi connectivity index (χ2n) is 5.06. The Bertz CT molecular complexity index is 398. The topological polar surface area (TPSA) is 45.6 Å². The van der Waals surface area contributed by atoms with Crippen molar-refractivity contribution in [3.8, 4) is 5.88 Å². The molecular formula is C13H18N2O2. The summed E-state index contributed by atoms with van der Waals surface area (Å²) in [4.78, 5) is 6.54. The Balaban J connectivity index is 1.91. The van der Waals surface area contributed by atoms with E-state index in [4.69, 9.17) is 4.74 Å². The fourth-order valence-corrected chi connectivity index (χ4v) is 3.12. The van der Waals surface area contributed by atoms with Crippen molar-refractivity contribution < 1.29 is 9.84 Å². The molecular weight excluding hydrogens is 216 g/mol. The third kappa shape index (κ3) is 1.72. The first-order valence-electron chi connectivity index (χ1n) is 6.17. The number of pyridine rings is 1. The second kappa shape index (κ2) is 3.96. The molecule has 17 heavy (non-hydrogen) atoms. The zero-order chi connectivity index (χ0) is 11.9. The smallest absolute Gasteiger partial charge is 0.212 e. The number of aromatic nitrogens is 1. The van der Waals surface area contributed by atoms with Crippen LogP contribution in [0.15, 0.2) is 18.3 Å². The van der Waals surface area contributed by atoms with Crippen LogP contribution in [0.1, 0.15) is 18.4 Å². The van der Waals surface area contributed by atoms with Crippen molar-refractivity contribution in [1.29, 1.82) is 0 Å². The molecule has 3 saturated heterocycles. The predicted octanol–water partition coefficient (Wildman–Crippen LogP) is 1.00. The third-order valence-electron chi connectivity index (χ3n) is 4.17. The molecule has 0 spiro atoms. The molecule has 0 saturated carbocycles. The first-order valence-corrected chi connectivity index (χ1v) is 6.17. The predicted molar refractivity (Wildman–Crippen MR) is 63.8 cm³/mol. The highest BCUT2D eigenvalue weighted by Crippen LogP contribution is 2.42. The fraction of sp³-hybridized carbons (Fsp3) is 0.615. The third-order valence-corrected chi connectivity index (χ3v) is 4.17. The van der Waals surface area contributed by atoms with Gasteiger partial charge in [-0.05, 0) is 37.9 Å². The number of rotatable bonds is 2. The van der Waals surface area contributed by atoms with E-state index in [1.54, 1.807) is 13.3 Å². The monoisotopic (exact) mass is 234 g/mol. The van der Waals surface area contributed by atoms with Gasteiger partial charge in [0.05, 0.1) is 7.11 Å². The van der Waals surface area contributed by atoms with E-state index < -0.39 is 5.60 Å². The van der Waals surface area contributed by atoms with Gasteiger partial charge in [0.1, 0.15) is 5.60 Å². The number of hydrogen-bond acceptors (Lipinski definition) is 4. The summed E-state index contributed by atoms with van der Waals surface area (Å²) in [6.45, 7) is 2.98. The van der Waals surface area contributed by atoms with Gasteiger partial charge in [-0.15, -0.1) is 0 Å². The minimum Gasteiger partial charge on any atom is -0.481 e. The van der Waals surface area contributed by atoms with Crippen molar-refractivity contribution in [1.82, 2.24) is 9.88 Å². The van der Waals surface area contributed by atoms with Crippen molar-refractivity contribution in [2.45, 2.75) is 18.4 Å². The van der Waals surface area contributed by atoms with Crippen LogP contribution in [0.5, 0.6) is 5.88 Å². The molecule has 0 aromatic carbocycles. The standard InChI is InChI=1S/C13H18N2O2/c1-17-12-3-2-11(8-14-12)13(16)9-15-6-4-10(13)5-7-15/h2-3,8,10,16H,4-7,9H2,1H3. The average molecular weight is 234 g/mol. The van der Waals surface area contributed by atoms with E-state index in [2.05, 4.69) is 9.88 Å². The quantitative estimate of drug-likeness (QED) is 0.829. The molecule has 0 radical (unpaired) electrons. The van der Waals surface area contributed by atoms with Crippen LogP contribution in [0.2, 0.25) is 0 Å². The van der Waals surface area contributed by atoms with Crippen LogP contribution < -0.4 is 4.74 Å². The van der Waals surface area contributed by atoms with E-state index in [1.165, 1.54) is 0 Å². The van der Waals surface area contributed by atoms with Crippen molar-refractivity contribution in [3.05, 3.63) is 23.9 Å². The summed E-state index contributed by atoms with van der Waals surface area (Å²) in [5.41, 5.74) is 0.211. The maximum absolute atomic E-state index is 10.9. The lowest BCUT2D eigenvalue weighted by Crippen LogP contribution is -2.57. The molecule has 4 heterocycles. The molecule has 3 aliphatic rings. The zero-order valence-electron chi connectivity index (χ0n) is 10.1. The highest BCUT2D eigenvalue weighted by molar-refractivity contribution is 5.26. The molecule has 4 nitrogen and oxygen atoms in total. The summed E-state index contributed by atoms with van der Waals surface area (Å²) >= 11 is 0. The molecule has 1 unspecified atom stereocenters. The lowest BCUT2D eigenvalue weighted by molar-refractivity contribution is -0.118. The number of ether oxygens (including phenoxy) is 1. The fourth-order valence-electron chi connectivity index (χ4n) is 3.12. The summed E-state index contributed by atoms with van der Waals surface area (Å²) in [5.74, 6) is 0.973. The van der Waals surface area contributed by atoms with Gasteiger partial charge in [0.25, 0.3) is 0 Å². The maximum Gasteiger partial charge on any atom is 0.212 e. The van der Waals surface area contributed by atoms with E-state index in [9.17, 15) is 5.11 Å². The minimum atomic E-state index is -0.713. The second-order valence-corrected chi connectivity index (χ2v) is 5.06. The van der Waals surface area contributed by atoms with Crippen molar-refractivity contribution in [2.24, 2.45) is 5.92 Å². The summed E-state index contributed by atoms with van der Waals surface area (Å²) in [6, 6.07) is 3.76. The molecule has 4 rings (SSSR count). The Morgan fingerprint density at radius 2 is 2.18 bits per heavy atom. The molecule has 1 aromatic rings. The summed E-state index contributed by atoms with van der Waals surface area (Å²) in [6.07, 6.45) is 3.92. The Kier molecular flexibility index (Phi) is 2.56. The Morgan fingerprint density at radius 3 is 2.65 bits per heavy atom. The Hall–Kier alpha value is -1.13. The molecule has 1 atom stereocenters. The molecule has 0 aliphatic carbocycles. The van der Waals surface area contributed by atoms with E-state index in [0.29, 0.717) is 11.8 Å². The van der Waals surface area contributed by atoms with Crippen LogP contribution in [0.4, 0.5) is 0 Å². The Labute approximate surface area is 101 Å². The molecule has 0 amide bonds. The molecule has 3 aliphatic heterocycles. The molecule has 2 bridgehead atoms. The van der Waals surface area contributed by atoms with Gasteiger partial charge in [-0.2, -0.15) is 0 Å². The van der Waals surface area contributed by atoms with Gasteiger partial charge in [0, 0.05) is 24.4 Å². The van der Waals surface area contributed by atoms with Crippen LogP contribution in [0, 0.1) is 5.92 Å². The van der Waals surface area contributed by atoms with E-state index in [-0.39, 0.29) is 0 Å². The molecule has 1 aromatic heterocycles. The summed E-state index contributed by atoms with van der Waals surface area (Å²) in [5, 5.41) is 10.9. The van der Waals surface area contributed by atoms with Gasteiger partial charge in [-0.1, -0.05) is 0 Å². The number of nitrogens with zero attached hydrogens (tertiary/aromatic N) is 2. The van der Waals surface area contributed by atoms with Crippen LogP contribution in [-0.4, -0.2) is 41.7 Å². The SMILES string of the molecule is COc1ccc(C2(O)CN3CCC2CC3)cn1. The number of aliphatic hydroxyl groups is 1. The average Bonchev–Trinajstić information content (AvgIpc) is 2.40. The first kappa shape index (κ1) is 11.0. The number of methoxy groups -OCH3 is 1. The van der Waals surface area contributed by atoms with Crippen molar-refractivity contribution in [3.63, 3.8) is 0 Å². The van der Waals surface area contributed by atoms with Gasteiger partial charge in [0.2, 0.25) is 5.88 Å². The lowest BCUT2D eigenvalue weighted by atomic mass is 9.72. The van der Waals surface area contributed by atoms with Crippen molar-refractivity contribution >= 4 is 0 Å². The van der Waals surface area contributed by atoms with Gasteiger partial charge in [0.15, 0.2) is 0 Å². The normalized spacial score (nSPS) is 35.9. The number of fused-ring (bicyclic) bond motifs is 3. The summed E-state index contributed by atoms with van der Waals surface area (Å²) < 4.78 is 5.05. The minimum absolute atomic E-state index is 0.377. The number of hydrogen-bond donors (Lipinski definition) is 1. The molecule has 1 N–H and O–H groups in total. The summed E-state index contributed by atoms with van der Waals surface area (Å²) in [7, 11) is 1.60. The van der Waals surface area contributed by atoms with Crippen LogP contribution in [0.25, 0.3) is 0 Å². The number of piperidine rings is 3. The molecule has 4 heteroatoms. The first-order chi connectivity index (χ1) is 8.22. The van der Waals surface area contributed by atoms with Crippen LogP contribution in [0.3, 0.4) is 0 Å². The zero-order valence-corrected chi connectivity index (χ0v) is 10.1. The van der Waals surface area contributed by atoms with Gasteiger partial charge in [-0.25, -0.2) is 4.98 Å². The van der Waals surface area contributed by atoms with E-state index in [1.807, 2.05) is 12.1 Å². The van der Waals surface area contributed by atoms with E-state index >= 15 is 0 Å². The van der Waals surface area contributed by atoms with E-state index in [0.717, 1.165) is 38.0 Å². The largest absolute Gasteiger partial charge is 0.481 e. The highest BCUT2D eigenvalue weighted by atomic mass is 16.5. The maximum atomic E-state index is 10.9.